The Balaban J connectivity index is 1.60. The van der Waals surface area contributed by atoms with E-state index in [2.05, 4.69) is 4.90 Å². The average molecular weight is 508 g/mol. The average Bonchev–Trinajstić information content (AvgIpc) is 3.43. The number of nitrogens with zero attached hydrogens (tertiary/aromatic N) is 3. The maximum Gasteiger partial charge on any atom is 0.343 e. The quantitative estimate of drug-likeness (QED) is 0.409. The van der Waals surface area contributed by atoms with Crippen LogP contribution >= 0.6 is 0 Å². The SMILES string of the molecule is CC[C@@]1(O)C(=O)OCc2c1cc1n(c2=O)Cc2c-1nc1cc(F)c(C)cc1c2CN1CCCC1(C)CO. The molecular formula is C28H30FN3O5. The van der Waals surface area contributed by atoms with Gasteiger partial charge >= 0.3 is 5.97 Å². The van der Waals surface area contributed by atoms with Crippen LogP contribution in [0, 0.1) is 12.7 Å². The predicted molar refractivity (Wildman–Crippen MR) is 134 cm³/mol. The number of aliphatic hydroxyl groups is 2. The summed E-state index contributed by atoms with van der Waals surface area (Å²) in [5.41, 5.74) is 1.75. The van der Waals surface area contributed by atoms with E-state index >= 15 is 0 Å². The van der Waals surface area contributed by atoms with Gasteiger partial charge in [-0.2, -0.15) is 0 Å². The summed E-state index contributed by atoms with van der Waals surface area (Å²) in [5.74, 6) is -1.14. The number of benzene rings is 1. The van der Waals surface area contributed by atoms with Crippen LogP contribution < -0.4 is 5.56 Å². The number of carbonyl (C=O) groups is 1. The normalized spacial score (nSPS) is 24.8. The van der Waals surface area contributed by atoms with Crippen LogP contribution in [0.1, 0.15) is 60.9 Å². The summed E-state index contributed by atoms with van der Waals surface area (Å²) in [7, 11) is 0. The van der Waals surface area contributed by atoms with E-state index in [-0.39, 0.29) is 54.2 Å². The number of aromatic nitrogens is 2. The number of esters is 1. The van der Waals surface area contributed by atoms with E-state index < -0.39 is 11.6 Å². The second kappa shape index (κ2) is 8.18. The van der Waals surface area contributed by atoms with Gasteiger partial charge in [-0.3, -0.25) is 9.69 Å². The lowest BCUT2D eigenvalue weighted by molar-refractivity contribution is -0.172. The van der Waals surface area contributed by atoms with Crippen molar-refractivity contribution in [1.82, 2.24) is 14.5 Å². The molecule has 8 nitrogen and oxygen atoms in total. The number of fused-ring (bicyclic) bond motifs is 5. The van der Waals surface area contributed by atoms with Crippen molar-refractivity contribution in [2.24, 2.45) is 0 Å². The summed E-state index contributed by atoms with van der Waals surface area (Å²) in [6.07, 6.45) is 1.90. The molecule has 3 aliphatic heterocycles. The van der Waals surface area contributed by atoms with Gasteiger partial charge in [-0.05, 0) is 62.9 Å². The number of hydrogen-bond acceptors (Lipinski definition) is 7. The molecule has 6 rings (SSSR count). The topological polar surface area (TPSA) is 105 Å². The molecule has 1 unspecified atom stereocenters. The molecule has 1 aromatic carbocycles. The van der Waals surface area contributed by atoms with E-state index in [1.165, 1.54) is 6.07 Å². The van der Waals surface area contributed by atoms with Crippen LogP contribution in [-0.2, 0) is 34.8 Å². The number of cyclic esters (lactones) is 1. The molecular weight excluding hydrogens is 477 g/mol. The Morgan fingerprint density at radius 1 is 1.22 bits per heavy atom. The van der Waals surface area contributed by atoms with Crippen molar-refractivity contribution in [3.8, 4) is 11.4 Å². The summed E-state index contributed by atoms with van der Waals surface area (Å²) in [6, 6.07) is 4.90. The Morgan fingerprint density at radius 3 is 2.73 bits per heavy atom. The third-order valence-electron chi connectivity index (χ3n) is 8.68. The molecule has 37 heavy (non-hydrogen) atoms. The van der Waals surface area contributed by atoms with Crippen LogP contribution in [0.15, 0.2) is 23.0 Å². The van der Waals surface area contributed by atoms with Gasteiger partial charge < -0.3 is 19.5 Å². The summed E-state index contributed by atoms with van der Waals surface area (Å²) < 4.78 is 21.4. The molecule has 2 aromatic heterocycles. The maximum absolute atomic E-state index is 14.7. The molecule has 0 amide bonds. The van der Waals surface area contributed by atoms with Gasteiger partial charge in [0, 0.05) is 34.7 Å². The third-order valence-corrected chi connectivity index (χ3v) is 8.68. The highest BCUT2D eigenvalue weighted by molar-refractivity contribution is 5.89. The minimum Gasteiger partial charge on any atom is -0.458 e. The van der Waals surface area contributed by atoms with E-state index in [9.17, 15) is 24.2 Å². The fourth-order valence-corrected chi connectivity index (χ4v) is 6.19. The largest absolute Gasteiger partial charge is 0.458 e. The van der Waals surface area contributed by atoms with Gasteiger partial charge in [-0.15, -0.1) is 0 Å². The maximum atomic E-state index is 14.7. The molecule has 2 atom stereocenters. The summed E-state index contributed by atoms with van der Waals surface area (Å²) in [6.45, 7) is 6.88. The molecule has 194 valence electrons. The van der Waals surface area contributed by atoms with Gasteiger partial charge in [0.05, 0.1) is 35.6 Å². The van der Waals surface area contributed by atoms with Crippen molar-refractivity contribution in [3.05, 3.63) is 62.2 Å². The Bertz CT molecular complexity index is 1550. The second-order valence-corrected chi connectivity index (χ2v) is 10.8. The molecule has 9 heteroatoms. The first-order valence-corrected chi connectivity index (χ1v) is 12.8. The number of pyridine rings is 2. The summed E-state index contributed by atoms with van der Waals surface area (Å²) in [5, 5.41) is 22.1. The number of ether oxygens (including phenoxy) is 1. The Morgan fingerprint density at radius 2 is 2.00 bits per heavy atom. The van der Waals surface area contributed by atoms with Crippen molar-refractivity contribution in [3.63, 3.8) is 0 Å². The van der Waals surface area contributed by atoms with Gasteiger partial charge in [0.2, 0.25) is 0 Å². The van der Waals surface area contributed by atoms with Crippen LogP contribution in [0.4, 0.5) is 4.39 Å². The zero-order chi connectivity index (χ0) is 26.3. The van der Waals surface area contributed by atoms with E-state index in [0.717, 1.165) is 35.9 Å². The number of likely N-dealkylation sites (tertiary alicyclic amines) is 1. The number of aryl methyl sites for hydroxylation is 1. The smallest absolute Gasteiger partial charge is 0.343 e. The molecule has 5 heterocycles. The van der Waals surface area contributed by atoms with E-state index in [4.69, 9.17) is 9.72 Å². The highest BCUT2D eigenvalue weighted by atomic mass is 19.1. The van der Waals surface area contributed by atoms with Crippen LogP contribution in [0.5, 0.6) is 0 Å². The lowest BCUT2D eigenvalue weighted by Crippen LogP contribution is -2.44. The minimum atomic E-state index is -1.91. The summed E-state index contributed by atoms with van der Waals surface area (Å²) in [4.78, 5) is 33.2. The van der Waals surface area contributed by atoms with Gasteiger partial charge in [0.1, 0.15) is 12.4 Å². The number of rotatable bonds is 4. The van der Waals surface area contributed by atoms with Gasteiger partial charge in [0.15, 0.2) is 5.60 Å². The standard InChI is InChI=1S/C28H30FN3O5/c1-4-28(36)20-9-23-24-18(12-32(23)25(34)19(20)13-37-26(28)35)17(11-31-7-5-6-27(31,3)14-33)16-8-15(2)21(29)10-22(16)30-24/h8-10,33,36H,4-7,11-14H2,1-3H3/t27?,28-/m0/s1. The number of hydrogen-bond donors (Lipinski definition) is 2. The van der Waals surface area contributed by atoms with Gasteiger partial charge in [-0.1, -0.05) is 6.92 Å². The Kier molecular flexibility index (Phi) is 5.35. The van der Waals surface area contributed by atoms with Gasteiger partial charge in [-0.25, -0.2) is 14.2 Å². The van der Waals surface area contributed by atoms with Crippen LogP contribution in [0.25, 0.3) is 22.3 Å². The van der Waals surface area contributed by atoms with Crippen LogP contribution in [0.2, 0.25) is 0 Å². The fraction of sp³-hybridized carbons (Fsp3) is 0.464. The molecule has 0 spiro atoms. The van der Waals surface area contributed by atoms with Crippen LogP contribution in [0.3, 0.4) is 0 Å². The molecule has 0 aliphatic carbocycles. The highest BCUT2D eigenvalue weighted by Gasteiger charge is 2.45. The number of halogens is 1. The second-order valence-electron chi connectivity index (χ2n) is 10.8. The van der Waals surface area contributed by atoms with Crippen molar-refractivity contribution >= 4 is 16.9 Å². The number of carbonyl (C=O) groups excluding carboxylic acids is 1. The molecule has 2 N–H and O–H groups in total. The van der Waals surface area contributed by atoms with Crippen LogP contribution in [-0.4, -0.2) is 49.3 Å². The molecule has 3 aromatic rings. The van der Waals surface area contributed by atoms with Crippen molar-refractivity contribution in [2.45, 2.75) is 70.9 Å². The number of aliphatic hydroxyl groups excluding tert-OH is 1. The van der Waals surface area contributed by atoms with E-state index in [1.807, 2.05) is 6.92 Å². The molecule has 1 fully saturated rings. The first-order valence-electron chi connectivity index (χ1n) is 12.8. The first-order chi connectivity index (χ1) is 17.6. The molecule has 0 radical (unpaired) electrons. The van der Waals surface area contributed by atoms with Crippen molar-refractivity contribution in [1.29, 1.82) is 0 Å². The predicted octanol–water partition coefficient (Wildman–Crippen LogP) is 2.87. The minimum absolute atomic E-state index is 0.0297. The fourth-order valence-electron chi connectivity index (χ4n) is 6.19. The third kappa shape index (κ3) is 3.34. The Hall–Kier alpha value is -3.14. The van der Waals surface area contributed by atoms with E-state index in [1.54, 1.807) is 30.5 Å². The monoisotopic (exact) mass is 507 g/mol. The zero-order valence-corrected chi connectivity index (χ0v) is 21.2. The first kappa shape index (κ1) is 24.2. The highest BCUT2D eigenvalue weighted by Crippen LogP contribution is 2.42. The zero-order valence-electron chi connectivity index (χ0n) is 21.2. The Labute approximate surface area is 213 Å². The summed E-state index contributed by atoms with van der Waals surface area (Å²) >= 11 is 0. The van der Waals surface area contributed by atoms with Crippen molar-refractivity contribution < 1.29 is 24.1 Å². The molecule has 1 saturated heterocycles. The lowest BCUT2D eigenvalue weighted by atomic mass is 9.86. The molecule has 0 bridgehead atoms. The van der Waals surface area contributed by atoms with Gasteiger partial charge in [0.25, 0.3) is 5.56 Å². The lowest BCUT2D eigenvalue weighted by Gasteiger charge is -2.34. The molecule has 0 saturated carbocycles. The van der Waals surface area contributed by atoms with Crippen molar-refractivity contribution in [2.75, 3.05) is 13.2 Å². The molecule has 3 aliphatic rings. The van der Waals surface area contributed by atoms with E-state index in [0.29, 0.717) is 29.0 Å².